The maximum absolute atomic E-state index is 12.7. The molecule has 0 bridgehead atoms. The Morgan fingerprint density at radius 2 is 2.12 bits per heavy atom. The predicted octanol–water partition coefficient (Wildman–Crippen LogP) is 2.43. The monoisotopic (exact) mass is 352 g/mol. The van der Waals surface area contributed by atoms with Crippen molar-refractivity contribution >= 4 is 16.8 Å². The highest BCUT2D eigenvalue weighted by molar-refractivity contribution is 5.97. The Hall–Kier alpha value is -2.89. The minimum absolute atomic E-state index is 0.183. The Balaban J connectivity index is 1.70. The maximum atomic E-state index is 12.7. The highest BCUT2D eigenvalue weighted by Crippen LogP contribution is 2.13. The molecule has 3 aromatic rings. The van der Waals surface area contributed by atoms with Gasteiger partial charge in [0.15, 0.2) is 0 Å². The predicted molar refractivity (Wildman–Crippen MR) is 102 cm³/mol. The number of hydrogen-bond acceptors (Lipinski definition) is 3. The summed E-state index contributed by atoms with van der Waals surface area (Å²) in [5.74, 6) is 0.713. The largest absolute Gasteiger partial charge is 0.352 e. The lowest BCUT2D eigenvalue weighted by Gasteiger charge is -2.11. The number of carbonyl (C=O) groups excluding carboxylic acids is 1. The Bertz CT molecular complexity index is 1000. The Kier molecular flexibility index (Phi) is 5.21. The minimum Gasteiger partial charge on any atom is -0.352 e. The standard InChI is InChI=1S/C20H24N4O2/c1-4-18-21-9-11-24(18)10-5-8-22-20(26)16-13-23(3)17-7-6-14(2)12-15(17)19(16)25/h6-7,9,11-13H,4-5,8,10H2,1-3H3,(H,22,26). The van der Waals surface area contributed by atoms with Crippen LogP contribution in [0.15, 0.2) is 41.6 Å². The van der Waals surface area contributed by atoms with Crippen molar-refractivity contribution < 1.29 is 4.79 Å². The Morgan fingerprint density at radius 1 is 1.31 bits per heavy atom. The van der Waals surface area contributed by atoms with Crippen molar-refractivity contribution in [1.29, 1.82) is 0 Å². The lowest BCUT2D eigenvalue weighted by Crippen LogP contribution is -2.30. The van der Waals surface area contributed by atoms with Gasteiger partial charge in [0, 0.05) is 50.5 Å². The molecular weight excluding hydrogens is 328 g/mol. The first-order valence-corrected chi connectivity index (χ1v) is 8.89. The second-order valence-electron chi connectivity index (χ2n) is 6.50. The topological polar surface area (TPSA) is 68.9 Å². The van der Waals surface area contributed by atoms with Gasteiger partial charge in [0.1, 0.15) is 11.4 Å². The minimum atomic E-state index is -0.324. The fourth-order valence-electron chi connectivity index (χ4n) is 3.17. The molecule has 1 amide bonds. The summed E-state index contributed by atoms with van der Waals surface area (Å²) >= 11 is 0. The van der Waals surface area contributed by atoms with E-state index in [1.165, 1.54) is 0 Å². The second kappa shape index (κ2) is 7.56. The number of carbonyl (C=O) groups is 1. The molecule has 0 fully saturated rings. The number of nitrogens with one attached hydrogen (secondary N) is 1. The van der Waals surface area contributed by atoms with Gasteiger partial charge in [0.05, 0.1) is 5.52 Å². The molecule has 1 aromatic carbocycles. The molecule has 0 atom stereocenters. The lowest BCUT2D eigenvalue weighted by molar-refractivity contribution is 0.0951. The molecule has 136 valence electrons. The molecule has 6 nitrogen and oxygen atoms in total. The van der Waals surface area contributed by atoms with Gasteiger partial charge in [0.25, 0.3) is 5.91 Å². The van der Waals surface area contributed by atoms with E-state index in [1.54, 1.807) is 12.4 Å². The van der Waals surface area contributed by atoms with Crippen LogP contribution < -0.4 is 10.7 Å². The van der Waals surface area contributed by atoms with E-state index >= 15 is 0 Å². The molecule has 0 aliphatic rings. The van der Waals surface area contributed by atoms with Crippen LogP contribution in [0, 0.1) is 6.92 Å². The summed E-state index contributed by atoms with van der Waals surface area (Å²) in [6.07, 6.45) is 7.01. The van der Waals surface area contributed by atoms with Crippen molar-refractivity contribution in [1.82, 2.24) is 19.4 Å². The number of rotatable bonds is 6. The molecule has 0 saturated heterocycles. The number of nitrogens with zero attached hydrogens (tertiary/aromatic N) is 3. The zero-order chi connectivity index (χ0) is 18.7. The summed E-state index contributed by atoms with van der Waals surface area (Å²) in [7, 11) is 1.85. The van der Waals surface area contributed by atoms with Gasteiger partial charge in [-0.1, -0.05) is 18.6 Å². The third-order valence-corrected chi connectivity index (χ3v) is 4.57. The van der Waals surface area contributed by atoms with Crippen molar-refractivity contribution in [2.75, 3.05) is 6.54 Å². The van der Waals surface area contributed by atoms with Crippen LogP contribution in [0.2, 0.25) is 0 Å². The first-order chi connectivity index (χ1) is 12.5. The van der Waals surface area contributed by atoms with E-state index in [0.29, 0.717) is 11.9 Å². The molecule has 3 rings (SSSR count). The summed E-state index contributed by atoms with van der Waals surface area (Å²) in [6, 6.07) is 5.70. The van der Waals surface area contributed by atoms with E-state index < -0.39 is 0 Å². The van der Waals surface area contributed by atoms with Gasteiger partial charge >= 0.3 is 0 Å². The zero-order valence-corrected chi connectivity index (χ0v) is 15.5. The zero-order valence-electron chi connectivity index (χ0n) is 15.5. The number of amides is 1. The quantitative estimate of drug-likeness (QED) is 0.693. The molecule has 2 aromatic heterocycles. The van der Waals surface area contributed by atoms with Crippen LogP contribution in [0.5, 0.6) is 0 Å². The molecule has 0 spiro atoms. The molecular formula is C20H24N4O2. The van der Waals surface area contributed by atoms with Crippen LogP contribution in [0.4, 0.5) is 0 Å². The maximum Gasteiger partial charge on any atom is 0.256 e. The highest BCUT2D eigenvalue weighted by atomic mass is 16.2. The number of fused-ring (bicyclic) bond motifs is 1. The van der Waals surface area contributed by atoms with E-state index in [1.807, 2.05) is 42.9 Å². The number of hydrogen-bond donors (Lipinski definition) is 1. The molecule has 2 heterocycles. The van der Waals surface area contributed by atoms with Gasteiger partial charge in [0.2, 0.25) is 5.43 Å². The molecule has 26 heavy (non-hydrogen) atoms. The average Bonchev–Trinajstić information content (AvgIpc) is 3.09. The summed E-state index contributed by atoms with van der Waals surface area (Å²) < 4.78 is 3.91. The van der Waals surface area contributed by atoms with Crippen molar-refractivity contribution in [3.8, 4) is 0 Å². The van der Waals surface area contributed by atoms with Crippen LogP contribution in [0.1, 0.15) is 35.1 Å². The van der Waals surface area contributed by atoms with Crippen LogP contribution in [-0.2, 0) is 20.0 Å². The van der Waals surface area contributed by atoms with E-state index in [4.69, 9.17) is 0 Å². The van der Waals surface area contributed by atoms with Gasteiger partial charge in [-0.2, -0.15) is 0 Å². The fraction of sp³-hybridized carbons (Fsp3) is 0.350. The van der Waals surface area contributed by atoms with Gasteiger partial charge in [-0.25, -0.2) is 4.98 Å². The number of aryl methyl sites for hydroxylation is 4. The van der Waals surface area contributed by atoms with Crippen LogP contribution in [0.25, 0.3) is 10.9 Å². The SMILES string of the molecule is CCc1nccn1CCCNC(=O)c1cn(C)c2ccc(C)cc2c1=O. The van der Waals surface area contributed by atoms with Gasteiger partial charge in [-0.3, -0.25) is 9.59 Å². The molecule has 0 unspecified atom stereocenters. The third kappa shape index (κ3) is 3.54. The van der Waals surface area contributed by atoms with E-state index in [9.17, 15) is 9.59 Å². The molecule has 0 radical (unpaired) electrons. The van der Waals surface area contributed by atoms with E-state index in [0.717, 1.165) is 36.3 Å². The molecule has 1 N–H and O–H groups in total. The van der Waals surface area contributed by atoms with E-state index in [-0.39, 0.29) is 16.9 Å². The summed E-state index contributed by atoms with van der Waals surface area (Å²) in [5, 5.41) is 3.44. The average molecular weight is 352 g/mol. The van der Waals surface area contributed by atoms with Crippen molar-refractivity contribution in [3.63, 3.8) is 0 Å². The third-order valence-electron chi connectivity index (χ3n) is 4.57. The van der Waals surface area contributed by atoms with Crippen molar-refractivity contribution in [3.05, 3.63) is 64.0 Å². The number of aromatic nitrogens is 3. The van der Waals surface area contributed by atoms with Crippen LogP contribution in [-0.4, -0.2) is 26.6 Å². The summed E-state index contributed by atoms with van der Waals surface area (Å²) in [4.78, 5) is 29.5. The van der Waals surface area contributed by atoms with Crippen LogP contribution in [0.3, 0.4) is 0 Å². The normalized spacial score (nSPS) is 11.0. The smallest absolute Gasteiger partial charge is 0.256 e. The van der Waals surface area contributed by atoms with Gasteiger partial charge in [-0.05, 0) is 25.5 Å². The lowest BCUT2D eigenvalue weighted by atomic mass is 10.1. The Labute approximate surface area is 152 Å². The molecule has 0 aliphatic carbocycles. The van der Waals surface area contributed by atoms with Crippen molar-refractivity contribution in [2.24, 2.45) is 7.05 Å². The second-order valence-corrected chi connectivity index (χ2v) is 6.50. The van der Waals surface area contributed by atoms with Gasteiger partial charge in [-0.15, -0.1) is 0 Å². The molecule has 6 heteroatoms. The van der Waals surface area contributed by atoms with Crippen molar-refractivity contribution in [2.45, 2.75) is 33.2 Å². The van der Waals surface area contributed by atoms with Gasteiger partial charge < -0.3 is 14.5 Å². The first-order valence-electron chi connectivity index (χ1n) is 8.89. The number of imidazole rings is 1. The first kappa shape index (κ1) is 17.9. The molecule has 0 aliphatic heterocycles. The fourth-order valence-corrected chi connectivity index (χ4v) is 3.17. The van der Waals surface area contributed by atoms with Crippen LogP contribution >= 0.6 is 0 Å². The number of pyridine rings is 1. The molecule has 0 saturated carbocycles. The summed E-state index contributed by atoms with van der Waals surface area (Å²) in [6.45, 7) is 5.30. The summed E-state index contributed by atoms with van der Waals surface area (Å²) in [5.41, 5.74) is 1.79. The number of benzene rings is 1. The van der Waals surface area contributed by atoms with E-state index in [2.05, 4.69) is 21.8 Å². The Morgan fingerprint density at radius 3 is 2.88 bits per heavy atom. The highest BCUT2D eigenvalue weighted by Gasteiger charge is 2.14.